The van der Waals surface area contributed by atoms with Crippen molar-refractivity contribution in [1.82, 2.24) is 4.98 Å². The summed E-state index contributed by atoms with van der Waals surface area (Å²) in [4.78, 5) is 3.57. The Morgan fingerprint density at radius 1 is 0.844 bits per heavy atom. The van der Waals surface area contributed by atoms with E-state index in [4.69, 9.17) is 0 Å². The van der Waals surface area contributed by atoms with E-state index >= 15 is 8.78 Å². The average molecular weight is 461 g/mol. The summed E-state index contributed by atoms with van der Waals surface area (Å²) in [6.45, 7) is -1.60. The number of nitrogens with zero attached hydrogens (tertiary/aromatic N) is 1. The fraction of sp³-hybridized carbons (Fsp3) is 0.190. The van der Waals surface area contributed by atoms with Crippen molar-refractivity contribution in [3.8, 4) is 16.9 Å². The molecule has 1 atom stereocenters. The summed E-state index contributed by atoms with van der Waals surface area (Å²) in [5.41, 5.74) is -4.95. The molecule has 170 valence electrons. The summed E-state index contributed by atoms with van der Waals surface area (Å²) in [7, 11) is 0. The Bertz CT molecular complexity index is 1090. The lowest BCUT2D eigenvalue weighted by Crippen LogP contribution is -2.47. The summed E-state index contributed by atoms with van der Waals surface area (Å²) in [5.74, 6) is -7.33. The van der Waals surface area contributed by atoms with Gasteiger partial charge in [-0.15, -0.1) is 13.2 Å². The fourth-order valence-corrected chi connectivity index (χ4v) is 2.99. The first kappa shape index (κ1) is 23.5. The molecule has 0 fully saturated rings. The Kier molecular flexibility index (Phi) is 6.16. The number of aliphatic hydroxyl groups excluding tert-OH is 1. The van der Waals surface area contributed by atoms with Crippen LogP contribution < -0.4 is 4.74 Å². The minimum atomic E-state index is -4.87. The first-order chi connectivity index (χ1) is 14.9. The average Bonchev–Trinajstić information content (AvgIpc) is 2.72. The number of rotatable bonds is 6. The molecule has 0 amide bonds. The molecule has 2 N–H and O–H groups in total. The second-order valence-corrected chi connectivity index (χ2v) is 6.72. The topological polar surface area (TPSA) is 62.6 Å². The zero-order chi connectivity index (χ0) is 23.7. The van der Waals surface area contributed by atoms with Crippen molar-refractivity contribution in [3.63, 3.8) is 0 Å². The SMILES string of the molecule is OCC(O)(c1ccc(F)cc1F)C(F)(F)c1ccc(-c2ccc(OC(F)(F)F)cc2)cn1. The number of aliphatic hydroxyl groups is 2. The van der Waals surface area contributed by atoms with Gasteiger partial charge in [-0.05, 0) is 35.9 Å². The summed E-state index contributed by atoms with van der Waals surface area (Å²) >= 11 is 0. The van der Waals surface area contributed by atoms with Crippen LogP contribution in [-0.2, 0) is 11.5 Å². The molecule has 1 heterocycles. The molecule has 0 bridgehead atoms. The Balaban J connectivity index is 1.91. The van der Waals surface area contributed by atoms with Gasteiger partial charge in [-0.2, -0.15) is 8.78 Å². The monoisotopic (exact) mass is 461 g/mol. The predicted octanol–water partition coefficient (Wildman–Crippen LogP) is 4.90. The molecule has 11 heteroatoms. The summed E-state index contributed by atoms with van der Waals surface area (Å²) < 4.78 is 97.7. The maximum absolute atomic E-state index is 15.1. The second-order valence-electron chi connectivity index (χ2n) is 6.72. The number of pyridine rings is 1. The van der Waals surface area contributed by atoms with Crippen molar-refractivity contribution in [2.75, 3.05) is 6.61 Å². The van der Waals surface area contributed by atoms with Crippen LogP contribution in [0, 0.1) is 11.6 Å². The van der Waals surface area contributed by atoms with Gasteiger partial charge in [0, 0.05) is 23.4 Å². The second kappa shape index (κ2) is 8.40. The lowest BCUT2D eigenvalue weighted by molar-refractivity contribution is -0.274. The molecule has 0 aliphatic heterocycles. The number of halogens is 7. The van der Waals surface area contributed by atoms with E-state index in [-0.39, 0.29) is 11.6 Å². The van der Waals surface area contributed by atoms with Gasteiger partial charge in [0.2, 0.25) is 0 Å². The van der Waals surface area contributed by atoms with Gasteiger partial charge in [0.1, 0.15) is 23.1 Å². The van der Waals surface area contributed by atoms with Gasteiger partial charge in [0.15, 0.2) is 5.60 Å². The quantitative estimate of drug-likeness (QED) is 0.513. The van der Waals surface area contributed by atoms with E-state index < -0.39 is 53.1 Å². The van der Waals surface area contributed by atoms with Gasteiger partial charge in [-0.3, -0.25) is 4.98 Å². The molecule has 4 nitrogen and oxygen atoms in total. The van der Waals surface area contributed by atoms with Crippen LogP contribution in [0.25, 0.3) is 11.1 Å². The number of ether oxygens (including phenoxy) is 1. The Labute approximate surface area is 176 Å². The van der Waals surface area contributed by atoms with Crippen LogP contribution in [0.3, 0.4) is 0 Å². The highest BCUT2D eigenvalue weighted by atomic mass is 19.4. The minimum absolute atomic E-state index is 0.239. The van der Waals surface area contributed by atoms with Crippen molar-refractivity contribution in [1.29, 1.82) is 0 Å². The molecule has 0 spiro atoms. The number of hydrogen-bond acceptors (Lipinski definition) is 4. The number of alkyl halides is 5. The zero-order valence-corrected chi connectivity index (χ0v) is 15.9. The summed E-state index contributed by atoms with van der Waals surface area (Å²) in [6.07, 6.45) is -3.91. The highest BCUT2D eigenvalue weighted by molar-refractivity contribution is 5.63. The molecule has 0 aliphatic carbocycles. The van der Waals surface area contributed by atoms with E-state index in [2.05, 4.69) is 9.72 Å². The van der Waals surface area contributed by atoms with Gasteiger partial charge in [0.25, 0.3) is 0 Å². The lowest BCUT2D eigenvalue weighted by atomic mass is 9.85. The molecule has 0 aliphatic rings. The number of aromatic nitrogens is 1. The molecule has 0 saturated heterocycles. The normalized spacial score (nSPS) is 14.2. The molecule has 0 saturated carbocycles. The first-order valence-electron chi connectivity index (χ1n) is 8.87. The molecule has 3 aromatic rings. The van der Waals surface area contributed by atoms with Gasteiger partial charge in [0.05, 0.1) is 6.61 Å². The largest absolute Gasteiger partial charge is 0.573 e. The standard InChI is InChI=1S/C21H14F7NO3/c22-14-4-7-16(17(23)9-14)19(31,11-30)20(24,25)18-8-3-13(10-29-18)12-1-5-15(6-2-12)32-21(26,27)28/h1-10,30-31H,11H2. The molecule has 32 heavy (non-hydrogen) atoms. The molecular weight excluding hydrogens is 447 g/mol. The van der Waals surface area contributed by atoms with Crippen LogP contribution in [0.15, 0.2) is 60.8 Å². The van der Waals surface area contributed by atoms with Crippen LogP contribution in [-0.4, -0.2) is 28.2 Å². The maximum atomic E-state index is 15.1. The van der Waals surface area contributed by atoms with Gasteiger partial charge in [-0.25, -0.2) is 8.78 Å². The van der Waals surface area contributed by atoms with E-state index in [0.29, 0.717) is 17.7 Å². The highest BCUT2D eigenvalue weighted by Gasteiger charge is 2.57. The summed E-state index contributed by atoms with van der Waals surface area (Å²) in [6, 6.07) is 8.01. The van der Waals surface area contributed by atoms with Crippen LogP contribution >= 0.6 is 0 Å². The van der Waals surface area contributed by atoms with Crippen LogP contribution in [0.4, 0.5) is 30.7 Å². The Hall–Kier alpha value is -3.18. The molecule has 1 unspecified atom stereocenters. The third kappa shape index (κ3) is 4.53. The van der Waals surface area contributed by atoms with Gasteiger partial charge in [-0.1, -0.05) is 18.2 Å². The zero-order valence-electron chi connectivity index (χ0n) is 15.9. The molecule has 0 radical (unpaired) electrons. The fourth-order valence-electron chi connectivity index (χ4n) is 2.99. The third-order valence-electron chi connectivity index (χ3n) is 4.63. The van der Waals surface area contributed by atoms with Gasteiger partial charge < -0.3 is 14.9 Å². The smallest absolute Gasteiger partial charge is 0.406 e. The number of hydrogen-bond donors (Lipinski definition) is 2. The van der Waals surface area contributed by atoms with Crippen molar-refractivity contribution in [2.24, 2.45) is 0 Å². The molecular formula is C21H14F7NO3. The Morgan fingerprint density at radius 3 is 1.97 bits per heavy atom. The third-order valence-corrected chi connectivity index (χ3v) is 4.63. The highest BCUT2D eigenvalue weighted by Crippen LogP contribution is 2.45. The van der Waals surface area contributed by atoms with E-state index in [9.17, 15) is 32.2 Å². The molecule has 1 aromatic heterocycles. The van der Waals surface area contributed by atoms with E-state index in [1.807, 2.05) is 0 Å². The predicted molar refractivity (Wildman–Crippen MR) is 97.6 cm³/mol. The lowest BCUT2D eigenvalue weighted by Gasteiger charge is -2.34. The summed E-state index contributed by atoms with van der Waals surface area (Å²) in [5, 5.41) is 19.9. The van der Waals surface area contributed by atoms with Crippen molar-refractivity contribution >= 4 is 0 Å². The van der Waals surface area contributed by atoms with E-state index in [0.717, 1.165) is 30.5 Å². The first-order valence-corrected chi connectivity index (χ1v) is 8.87. The number of benzene rings is 2. The van der Waals surface area contributed by atoms with Crippen molar-refractivity contribution < 1.29 is 45.7 Å². The van der Waals surface area contributed by atoms with Crippen molar-refractivity contribution in [2.45, 2.75) is 17.9 Å². The van der Waals surface area contributed by atoms with Crippen LogP contribution in [0.2, 0.25) is 0 Å². The van der Waals surface area contributed by atoms with Crippen LogP contribution in [0.1, 0.15) is 11.3 Å². The minimum Gasteiger partial charge on any atom is -0.406 e. The van der Waals surface area contributed by atoms with Crippen LogP contribution in [0.5, 0.6) is 5.75 Å². The Morgan fingerprint density at radius 2 is 1.47 bits per heavy atom. The van der Waals surface area contributed by atoms with E-state index in [1.165, 1.54) is 12.1 Å². The van der Waals surface area contributed by atoms with Crippen molar-refractivity contribution in [3.05, 3.63) is 83.7 Å². The molecule has 3 rings (SSSR count). The van der Waals surface area contributed by atoms with E-state index in [1.54, 1.807) is 0 Å². The molecule has 2 aromatic carbocycles. The maximum Gasteiger partial charge on any atom is 0.573 e. The van der Waals surface area contributed by atoms with Gasteiger partial charge >= 0.3 is 12.3 Å².